The molecule has 0 saturated heterocycles. The van der Waals surface area contributed by atoms with E-state index in [1.54, 1.807) is 35.4 Å². The van der Waals surface area contributed by atoms with Crippen molar-refractivity contribution >= 4 is 17.9 Å². The van der Waals surface area contributed by atoms with Crippen molar-refractivity contribution in [2.45, 2.75) is 64.5 Å². The molecule has 1 heterocycles. The van der Waals surface area contributed by atoms with Gasteiger partial charge in [0.05, 0.1) is 5.56 Å². The number of nitrogens with zero attached hydrogens (tertiary/aromatic N) is 2. The molecule has 1 aliphatic rings. The lowest BCUT2D eigenvalue weighted by Crippen LogP contribution is -2.45. The van der Waals surface area contributed by atoms with Crippen molar-refractivity contribution in [2.24, 2.45) is 0 Å². The van der Waals surface area contributed by atoms with Crippen LogP contribution in [0.4, 0.5) is 10.6 Å². The Morgan fingerprint density at radius 1 is 1.00 bits per heavy atom. The van der Waals surface area contributed by atoms with E-state index in [0.717, 1.165) is 36.8 Å². The van der Waals surface area contributed by atoms with Gasteiger partial charge in [0, 0.05) is 17.8 Å². The number of amides is 1. The summed E-state index contributed by atoms with van der Waals surface area (Å²) in [4.78, 5) is 30.2. The number of ether oxygens (including phenoxy) is 1. The van der Waals surface area contributed by atoms with Crippen LogP contribution in [0, 0.1) is 0 Å². The van der Waals surface area contributed by atoms with Crippen molar-refractivity contribution in [3.63, 3.8) is 0 Å². The lowest BCUT2D eigenvalue weighted by Gasteiger charge is -2.34. The normalized spacial score (nSPS) is 15.0. The number of anilines is 1. The van der Waals surface area contributed by atoms with Gasteiger partial charge in [-0.3, -0.25) is 4.90 Å². The van der Waals surface area contributed by atoms with Crippen molar-refractivity contribution in [3.8, 4) is 11.1 Å². The number of hydrogen-bond donors (Lipinski definition) is 1. The van der Waals surface area contributed by atoms with E-state index in [4.69, 9.17) is 9.84 Å². The standard InChI is InChI=1S/C23H28N2O4/c1-23(2,3)29-22(28)25(19-7-5-4-6-8-19)20-14-13-18(15-24-20)16-9-11-17(12-10-16)21(26)27/h9-15,19H,4-8H2,1-3H3,(H,26,27). The Labute approximate surface area is 171 Å². The molecule has 1 N–H and O–H groups in total. The molecule has 2 aromatic rings. The molecule has 29 heavy (non-hydrogen) atoms. The zero-order valence-electron chi connectivity index (χ0n) is 17.2. The second-order valence-electron chi connectivity index (χ2n) is 8.43. The van der Waals surface area contributed by atoms with Crippen LogP contribution in [0.2, 0.25) is 0 Å². The minimum Gasteiger partial charge on any atom is -0.478 e. The largest absolute Gasteiger partial charge is 0.478 e. The van der Waals surface area contributed by atoms with Gasteiger partial charge in [-0.05, 0) is 63.4 Å². The minimum atomic E-state index is -0.953. The number of hydrogen-bond acceptors (Lipinski definition) is 4. The van der Waals surface area contributed by atoms with E-state index in [9.17, 15) is 9.59 Å². The number of aromatic nitrogens is 1. The number of rotatable bonds is 4. The van der Waals surface area contributed by atoms with Gasteiger partial charge in [-0.15, -0.1) is 0 Å². The fourth-order valence-electron chi connectivity index (χ4n) is 3.58. The Morgan fingerprint density at radius 2 is 1.62 bits per heavy atom. The number of carbonyl (C=O) groups is 2. The van der Waals surface area contributed by atoms with Crippen LogP contribution in [0.5, 0.6) is 0 Å². The lowest BCUT2D eigenvalue weighted by molar-refractivity contribution is 0.0555. The number of carboxylic acids is 1. The molecule has 0 bridgehead atoms. The third-order valence-corrected chi connectivity index (χ3v) is 4.99. The molecule has 6 heteroatoms. The van der Waals surface area contributed by atoms with Gasteiger partial charge < -0.3 is 9.84 Å². The highest BCUT2D eigenvalue weighted by Gasteiger charge is 2.31. The maximum absolute atomic E-state index is 12.9. The second kappa shape index (κ2) is 8.64. The quantitative estimate of drug-likeness (QED) is 0.736. The van der Waals surface area contributed by atoms with Crippen LogP contribution >= 0.6 is 0 Å². The third kappa shape index (κ3) is 5.34. The highest BCUT2D eigenvalue weighted by molar-refractivity contribution is 5.89. The average Bonchev–Trinajstić information content (AvgIpc) is 2.68. The lowest BCUT2D eigenvalue weighted by atomic mass is 9.94. The van der Waals surface area contributed by atoms with Crippen LogP contribution < -0.4 is 4.90 Å². The molecule has 0 spiro atoms. The summed E-state index contributed by atoms with van der Waals surface area (Å²) in [6, 6.07) is 10.5. The van der Waals surface area contributed by atoms with Gasteiger partial charge in [0.15, 0.2) is 0 Å². The summed E-state index contributed by atoms with van der Waals surface area (Å²) in [6.07, 6.45) is 6.62. The van der Waals surface area contributed by atoms with Crippen LogP contribution in [-0.2, 0) is 4.74 Å². The zero-order valence-corrected chi connectivity index (χ0v) is 17.2. The van der Waals surface area contributed by atoms with Crippen molar-refractivity contribution in [3.05, 3.63) is 48.2 Å². The molecular formula is C23H28N2O4. The fourth-order valence-corrected chi connectivity index (χ4v) is 3.58. The topological polar surface area (TPSA) is 79.7 Å². The first-order valence-corrected chi connectivity index (χ1v) is 10.1. The van der Waals surface area contributed by atoms with Crippen molar-refractivity contribution in [1.29, 1.82) is 0 Å². The summed E-state index contributed by atoms with van der Waals surface area (Å²) in [5.41, 5.74) is 1.40. The number of carbonyl (C=O) groups excluding carboxylic acids is 1. The van der Waals surface area contributed by atoms with E-state index >= 15 is 0 Å². The second-order valence-corrected chi connectivity index (χ2v) is 8.43. The van der Waals surface area contributed by atoms with Crippen LogP contribution in [-0.4, -0.2) is 33.8 Å². The maximum Gasteiger partial charge on any atom is 0.416 e. The summed E-state index contributed by atoms with van der Waals surface area (Å²) in [5.74, 6) is -0.373. The highest BCUT2D eigenvalue weighted by Crippen LogP contribution is 2.29. The monoisotopic (exact) mass is 396 g/mol. The molecule has 6 nitrogen and oxygen atoms in total. The van der Waals surface area contributed by atoms with Crippen LogP contribution in [0.3, 0.4) is 0 Å². The Morgan fingerprint density at radius 3 is 2.14 bits per heavy atom. The van der Waals surface area contributed by atoms with E-state index in [2.05, 4.69) is 4.98 Å². The van der Waals surface area contributed by atoms with Crippen LogP contribution in [0.1, 0.15) is 63.2 Å². The Balaban J connectivity index is 1.85. The molecule has 3 rings (SSSR count). The molecule has 1 amide bonds. The van der Waals surface area contributed by atoms with Gasteiger partial charge in [0.1, 0.15) is 11.4 Å². The van der Waals surface area contributed by atoms with Gasteiger partial charge in [0.25, 0.3) is 0 Å². The highest BCUT2D eigenvalue weighted by atomic mass is 16.6. The van der Waals surface area contributed by atoms with E-state index < -0.39 is 11.6 Å². The van der Waals surface area contributed by atoms with Crippen LogP contribution in [0.15, 0.2) is 42.6 Å². The first-order valence-electron chi connectivity index (χ1n) is 10.1. The summed E-state index contributed by atoms with van der Waals surface area (Å²) in [6.45, 7) is 5.59. The fraction of sp³-hybridized carbons (Fsp3) is 0.435. The maximum atomic E-state index is 12.9. The summed E-state index contributed by atoms with van der Waals surface area (Å²) < 4.78 is 5.65. The van der Waals surface area contributed by atoms with E-state index in [0.29, 0.717) is 5.82 Å². The van der Waals surface area contributed by atoms with Gasteiger partial charge in [-0.2, -0.15) is 0 Å². The molecule has 1 aliphatic carbocycles. The molecule has 154 valence electrons. The van der Waals surface area contributed by atoms with E-state index in [1.165, 1.54) is 6.42 Å². The first kappa shape index (κ1) is 20.8. The summed E-state index contributed by atoms with van der Waals surface area (Å²) in [7, 11) is 0. The Kier molecular flexibility index (Phi) is 6.20. The number of carboxylic acid groups (broad SMARTS) is 1. The van der Waals surface area contributed by atoms with Crippen molar-refractivity contribution in [2.75, 3.05) is 4.90 Å². The third-order valence-electron chi connectivity index (χ3n) is 4.99. The first-order chi connectivity index (χ1) is 13.7. The average molecular weight is 396 g/mol. The summed E-state index contributed by atoms with van der Waals surface area (Å²) in [5, 5.41) is 9.04. The van der Waals surface area contributed by atoms with E-state index in [1.807, 2.05) is 32.9 Å². The summed E-state index contributed by atoms with van der Waals surface area (Å²) >= 11 is 0. The zero-order chi connectivity index (χ0) is 21.0. The number of benzene rings is 1. The van der Waals surface area contributed by atoms with Gasteiger partial charge in [-0.25, -0.2) is 14.6 Å². The molecule has 1 saturated carbocycles. The van der Waals surface area contributed by atoms with Gasteiger partial charge in [-0.1, -0.05) is 31.4 Å². The molecule has 1 aromatic heterocycles. The smallest absolute Gasteiger partial charge is 0.416 e. The number of aromatic carboxylic acids is 1. The molecule has 0 unspecified atom stereocenters. The van der Waals surface area contributed by atoms with Crippen molar-refractivity contribution in [1.82, 2.24) is 4.98 Å². The van der Waals surface area contributed by atoms with Gasteiger partial charge in [0.2, 0.25) is 0 Å². The molecule has 0 atom stereocenters. The predicted octanol–water partition coefficient (Wildman–Crippen LogP) is 5.52. The Bertz CT molecular complexity index is 848. The molecule has 1 aromatic carbocycles. The molecular weight excluding hydrogens is 368 g/mol. The molecule has 1 fully saturated rings. The molecule has 0 aliphatic heterocycles. The van der Waals surface area contributed by atoms with E-state index in [-0.39, 0.29) is 17.7 Å². The molecule has 0 radical (unpaired) electrons. The van der Waals surface area contributed by atoms with Crippen molar-refractivity contribution < 1.29 is 19.4 Å². The predicted molar refractivity (Wildman–Crippen MR) is 112 cm³/mol. The van der Waals surface area contributed by atoms with Crippen LogP contribution in [0.25, 0.3) is 11.1 Å². The minimum absolute atomic E-state index is 0.0896. The SMILES string of the molecule is CC(C)(C)OC(=O)N(c1ccc(-c2ccc(C(=O)O)cc2)cn1)C1CCCCC1. The van der Waals surface area contributed by atoms with Gasteiger partial charge >= 0.3 is 12.1 Å². The Hall–Kier alpha value is -2.89. The number of pyridine rings is 1.